The molecule has 0 fully saturated rings. The molecule has 0 atom stereocenters. The number of hydrogen-bond donors (Lipinski definition) is 2. The third-order valence-electron chi connectivity index (χ3n) is 6.06. The maximum Gasteiger partial charge on any atom is 0.307 e. The molecule has 0 unspecified atom stereocenters. The average Bonchev–Trinajstić information content (AvgIpc) is 3.10. The largest absolute Gasteiger partial charge is 0.481 e. The quantitative estimate of drug-likeness (QED) is 0.276. The van der Waals surface area contributed by atoms with Gasteiger partial charge in [-0.15, -0.1) is 11.3 Å². The summed E-state index contributed by atoms with van der Waals surface area (Å²) in [6.45, 7) is 8.94. The van der Waals surface area contributed by atoms with E-state index in [0.717, 1.165) is 56.7 Å². The first-order valence-corrected chi connectivity index (χ1v) is 12.6. The zero-order valence-electron chi connectivity index (χ0n) is 20.5. The summed E-state index contributed by atoms with van der Waals surface area (Å²) in [4.78, 5) is 21.3. The van der Waals surface area contributed by atoms with E-state index in [4.69, 9.17) is 0 Å². The molecule has 0 aliphatic heterocycles. The van der Waals surface area contributed by atoms with Gasteiger partial charge < -0.3 is 10.4 Å². The van der Waals surface area contributed by atoms with Crippen LogP contribution >= 0.6 is 11.3 Å². The molecule has 0 aliphatic rings. The molecule has 0 spiro atoms. The maximum atomic E-state index is 14.0. The van der Waals surface area contributed by atoms with Gasteiger partial charge in [0.1, 0.15) is 18.0 Å². The fourth-order valence-electron chi connectivity index (χ4n) is 4.48. The fraction of sp³-hybridized carbons (Fsp3) is 0.321. The van der Waals surface area contributed by atoms with Crippen LogP contribution in [-0.4, -0.2) is 27.6 Å². The molecule has 0 bridgehead atoms. The zero-order chi connectivity index (χ0) is 25.1. The second kappa shape index (κ2) is 10.5. The maximum absolute atomic E-state index is 14.0. The van der Waals surface area contributed by atoms with Crippen molar-refractivity contribution in [2.75, 3.05) is 11.9 Å². The Kier molecular flexibility index (Phi) is 7.45. The molecule has 7 heteroatoms. The summed E-state index contributed by atoms with van der Waals surface area (Å²) in [5.41, 5.74) is 5.73. The van der Waals surface area contributed by atoms with Crippen LogP contribution in [0.4, 0.5) is 10.2 Å². The second-order valence-electron chi connectivity index (χ2n) is 9.35. The van der Waals surface area contributed by atoms with Gasteiger partial charge in [0.25, 0.3) is 0 Å². The Hall–Kier alpha value is -3.32. The van der Waals surface area contributed by atoms with Crippen LogP contribution in [-0.2, 0) is 24.1 Å². The predicted octanol–water partition coefficient (Wildman–Crippen LogP) is 6.59. The van der Waals surface area contributed by atoms with Crippen molar-refractivity contribution in [1.29, 1.82) is 0 Å². The van der Waals surface area contributed by atoms with Gasteiger partial charge in [0.2, 0.25) is 0 Å². The van der Waals surface area contributed by atoms with Crippen molar-refractivity contribution in [3.05, 3.63) is 75.7 Å². The van der Waals surface area contributed by atoms with Crippen LogP contribution in [0.25, 0.3) is 21.3 Å². The minimum atomic E-state index is -0.831. The second-order valence-corrected chi connectivity index (χ2v) is 10.6. The Morgan fingerprint density at radius 3 is 2.66 bits per heavy atom. The minimum Gasteiger partial charge on any atom is -0.481 e. The Labute approximate surface area is 209 Å². The van der Waals surface area contributed by atoms with Crippen LogP contribution in [0, 0.1) is 25.6 Å². The van der Waals surface area contributed by atoms with Crippen molar-refractivity contribution in [1.82, 2.24) is 9.97 Å². The number of nitrogens with one attached hydrogen (secondary N) is 1. The summed E-state index contributed by atoms with van der Waals surface area (Å²) in [6.07, 6.45) is 3.12. The number of nitrogens with zero attached hydrogens (tertiary/aromatic N) is 2. The van der Waals surface area contributed by atoms with Crippen LogP contribution in [0.3, 0.4) is 0 Å². The first kappa shape index (κ1) is 24.8. The van der Waals surface area contributed by atoms with Gasteiger partial charge in [-0.25, -0.2) is 14.4 Å². The number of benzene rings is 2. The van der Waals surface area contributed by atoms with E-state index >= 15 is 0 Å². The summed E-state index contributed by atoms with van der Waals surface area (Å²) in [5.74, 6) is 0.0976. The molecule has 0 aliphatic carbocycles. The molecule has 0 saturated heterocycles. The summed E-state index contributed by atoms with van der Waals surface area (Å²) in [5, 5.41) is 13.6. The first-order valence-electron chi connectivity index (χ1n) is 11.8. The van der Waals surface area contributed by atoms with Crippen LogP contribution in [0.5, 0.6) is 0 Å². The summed E-state index contributed by atoms with van der Waals surface area (Å²) >= 11 is 1.71. The highest BCUT2D eigenvalue weighted by molar-refractivity contribution is 7.19. The van der Waals surface area contributed by atoms with Gasteiger partial charge in [0.15, 0.2) is 0 Å². The lowest BCUT2D eigenvalue weighted by atomic mass is 9.93. The van der Waals surface area contributed by atoms with Crippen molar-refractivity contribution >= 4 is 33.2 Å². The Balaban J connectivity index is 1.52. The number of carbonyl (C=O) groups is 1. The van der Waals surface area contributed by atoms with Gasteiger partial charge in [-0.3, -0.25) is 4.79 Å². The van der Waals surface area contributed by atoms with Gasteiger partial charge in [-0.1, -0.05) is 26.0 Å². The number of rotatable bonds is 9. The van der Waals surface area contributed by atoms with E-state index in [1.54, 1.807) is 23.5 Å². The lowest BCUT2D eigenvalue weighted by Crippen LogP contribution is -2.08. The predicted molar refractivity (Wildman–Crippen MR) is 141 cm³/mol. The van der Waals surface area contributed by atoms with E-state index in [2.05, 4.69) is 36.1 Å². The van der Waals surface area contributed by atoms with E-state index < -0.39 is 5.97 Å². The third-order valence-corrected chi connectivity index (χ3v) is 7.36. The number of halogens is 1. The number of aromatic nitrogens is 2. The van der Waals surface area contributed by atoms with Crippen molar-refractivity contribution in [2.24, 2.45) is 5.92 Å². The molecule has 2 aromatic heterocycles. The number of anilines is 1. The molecule has 2 aromatic carbocycles. The number of carboxylic acid groups (broad SMARTS) is 1. The van der Waals surface area contributed by atoms with Gasteiger partial charge in [-0.2, -0.15) is 0 Å². The van der Waals surface area contributed by atoms with E-state index in [1.807, 2.05) is 31.2 Å². The number of thiophene rings is 1. The van der Waals surface area contributed by atoms with Gasteiger partial charge in [0.05, 0.1) is 12.1 Å². The number of carboxylic acids is 1. The van der Waals surface area contributed by atoms with Crippen LogP contribution < -0.4 is 5.32 Å². The Morgan fingerprint density at radius 1 is 1.11 bits per heavy atom. The monoisotopic (exact) mass is 491 g/mol. The SMILES string of the molecule is Cc1sc2c(C)cc(F)cc2c1CCNc1cc(-c2ccc(CC(=O)O)c(CC(C)C)c2)ncn1. The van der Waals surface area contributed by atoms with E-state index in [1.165, 1.54) is 16.8 Å². The van der Waals surface area contributed by atoms with Gasteiger partial charge in [-0.05, 0) is 78.4 Å². The molecule has 35 heavy (non-hydrogen) atoms. The minimum absolute atomic E-state index is 0.0129. The van der Waals surface area contributed by atoms with Crippen LogP contribution in [0.15, 0.2) is 42.7 Å². The van der Waals surface area contributed by atoms with Gasteiger partial charge in [0, 0.05) is 27.8 Å². The molecule has 4 rings (SSSR count). The zero-order valence-corrected chi connectivity index (χ0v) is 21.3. The number of aryl methyl sites for hydroxylation is 2. The van der Waals surface area contributed by atoms with Crippen molar-refractivity contribution < 1.29 is 14.3 Å². The van der Waals surface area contributed by atoms with Gasteiger partial charge >= 0.3 is 5.97 Å². The highest BCUT2D eigenvalue weighted by Gasteiger charge is 2.14. The lowest BCUT2D eigenvalue weighted by molar-refractivity contribution is -0.136. The molecule has 4 aromatic rings. The van der Waals surface area contributed by atoms with E-state index in [-0.39, 0.29) is 12.2 Å². The average molecular weight is 492 g/mol. The highest BCUT2D eigenvalue weighted by atomic mass is 32.1. The molecule has 5 nitrogen and oxygen atoms in total. The van der Waals surface area contributed by atoms with E-state index in [9.17, 15) is 14.3 Å². The molecular formula is C28H30FN3O2S. The summed E-state index contributed by atoms with van der Waals surface area (Å²) in [6, 6.07) is 11.0. The number of hydrogen-bond acceptors (Lipinski definition) is 5. The van der Waals surface area contributed by atoms with Crippen molar-refractivity contribution in [2.45, 2.75) is 47.0 Å². The highest BCUT2D eigenvalue weighted by Crippen LogP contribution is 2.34. The topological polar surface area (TPSA) is 75.1 Å². The standard InChI is InChI=1S/C28H30FN3O2S/c1-16(2)9-21-11-20(6-5-19(21)12-27(33)34)25-14-26(32-15-31-25)30-8-7-23-18(4)35-28-17(3)10-22(29)13-24(23)28/h5-6,10-11,13-16H,7-9,12H2,1-4H3,(H,33,34)(H,30,31,32). The van der Waals surface area contributed by atoms with Crippen molar-refractivity contribution in [3.63, 3.8) is 0 Å². The first-order chi connectivity index (χ1) is 16.7. The summed E-state index contributed by atoms with van der Waals surface area (Å²) < 4.78 is 15.2. The molecule has 2 heterocycles. The number of aliphatic carboxylic acids is 1. The third kappa shape index (κ3) is 5.85. The summed E-state index contributed by atoms with van der Waals surface area (Å²) in [7, 11) is 0. The Bertz CT molecular complexity index is 1380. The molecule has 182 valence electrons. The number of fused-ring (bicyclic) bond motifs is 1. The smallest absolute Gasteiger partial charge is 0.307 e. The van der Waals surface area contributed by atoms with Crippen molar-refractivity contribution in [3.8, 4) is 11.3 Å². The van der Waals surface area contributed by atoms with E-state index in [0.29, 0.717) is 12.5 Å². The fourth-order valence-corrected chi connectivity index (χ4v) is 5.64. The van der Waals surface area contributed by atoms with Crippen LogP contribution in [0.1, 0.15) is 41.0 Å². The molecule has 0 saturated carbocycles. The molecular weight excluding hydrogens is 461 g/mol. The molecule has 0 radical (unpaired) electrons. The normalized spacial score (nSPS) is 11.4. The molecule has 0 amide bonds. The molecule has 2 N–H and O–H groups in total. The Morgan fingerprint density at radius 2 is 1.91 bits per heavy atom. The van der Waals surface area contributed by atoms with Crippen LogP contribution in [0.2, 0.25) is 0 Å². The lowest BCUT2D eigenvalue weighted by Gasteiger charge is -2.13.